The molecule has 1 N–H and O–H groups in total. The molecule has 5 nitrogen and oxygen atoms in total. The third-order valence-electron chi connectivity index (χ3n) is 3.97. The fourth-order valence-corrected chi connectivity index (χ4v) is 2.86. The van der Waals surface area contributed by atoms with Gasteiger partial charge in [0.2, 0.25) is 0 Å². The molecular formula is C18H19ClN4O. The van der Waals surface area contributed by atoms with E-state index in [2.05, 4.69) is 44.3 Å². The Morgan fingerprint density at radius 2 is 1.71 bits per heavy atom. The number of rotatable bonds is 4. The number of ether oxygens (including phenoxy) is 1. The van der Waals surface area contributed by atoms with Gasteiger partial charge in [0.1, 0.15) is 6.61 Å². The maximum absolute atomic E-state index is 5.69. The molecule has 0 atom stereocenters. The lowest BCUT2D eigenvalue weighted by Gasteiger charge is -2.11. The fourth-order valence-electron chi connectivity index (χ4n) is 2.86. The smallest absolute Gasteiger partial charge is 0.163 e. The van der Waals surface area contributed by atoms with E-state index in [0.717, 1.165) is 29.4 Å². The second-order valence-corrected chi connectivity index (χ2v) is 5.58. The molecule has 1 aliphatic heterocycles. The van der Waals surface area contributed by atoms with Crippen LogP contribution in [0.2, 0.25) is 0 Å². The molecule has 2 heterocycles. The number of para-hydroxylation sites is 1. The summed E-state index contributed by atoms with van der Waals surface area (Å²) in [5, 5.41) is 12.1. The molecule has 3 aromatic rings. The van der Waals surface area contributed by atoms with Gasteiger partial charge in [0.15, 0.2) is 11.6 Å². The SMILES string of the molecule is Cl.c1ccc(CNCc2nnc3n2-c2ccccc2COC3)cc1. The molecule has 0 aliphatic carbocycles. The first-order valence-corrected chi connectivity index (χ1v) is 7.75. The summed E-state index contributed by atoms with van der Waals surface area (Å²) in [7, 11) is 0. The molecule has 0 unspecified atom stereocenters. The van der Waals surface area contributed by atoms with Crippen LogP contribution < -0.4 is 5.32 Å². The van der Waals surface area contributed by atoms with Crippen molar-refractivity contribution in [1.82, 2.24) is 20.1 Å². The summed E-state index contributed by atoms with van der Waals surface area (Å²) in [6.07, 6.45) is 0. The van der Waals surface area contributed by atoms with Crippen LogP contribution in [0, 0.1) is 0 Å². The second-order valence-electron chi connectivity index (χ2n) is 5.58. The van der Waals surface area contributed by atoms with E-state index in [1.54, 1.807) is 0 Å². The zero-order chi connectivity index (χ0) is 15.5. The Balaban J connectivity index is 0.00000169. The summed E-state index contributed by atoms with van der Waals surface area (Å²) in [4.78, 5) is 0. The first-order chi connectivity index (χ1) is 11.4. The van der Waals surface area contributed by atoms with Crippen molar-refractivity contribution in [3.63, 3.8) is 0 Å². The Kier molecular flexibility index (Phi) is 5.25. The van der Waals surface area contributed by atoms with Crippen molar-refractivity contribution in [3.05, 3.63) is 77.4 Å². The number of nitrogens with one attached hydrogen (secondary N) is 1. The molecule has 1 aromatic heterocycles. The molecule has 4 rings (SSSR count). The molecule has 0 spiro atoms. The van der Waals surface area contributed by atoms with Crippen molar-refractivity contribution in [2.75, 3.05) is 0 Å². The van der Waals surface area contributed by atoms with Gasteiger partial charge in [0.25, 0.3) is 0 Å². The Morgan fingerprint density at radius 3 is 2.58 bits per heavy atom. The molecule has 0 radical (unpaired) electrons. The largest absolute Gasteiger partial charge is 0.369 e. The molecule has 0 bridgehead atoms. The average molecular weight is 343 g/mol. The number of hydrogen-bond donors (Lipinski definition) is 1. The normalized spacial score (nSPS) is 12.7. The van der Waals surface area contributed by atoms with E-state index in [0.29, 0.717) is 19.8 Å². The van der Waals surface area contributed by atoms with Crippen molar-refractivity contribution in [3.8, 4) is 5.69 Å². The molecule has 0 saturated heterocycles. The standard InChI is InChI=1S/C18H18N4O.ClH/c1-2-6-14(7-3-1)10-19-11-17-20-21-18-13-23-12-15-8-4-5-9-16(15)22(17)18;/h1-9,19H,10-13H2;1H. The van der Waals surface area contributed by atoms with Gasteiger partial charge in [-0.25, -0.2) is 0 Å². The zero-order valence-electron chi connectivity index (χ0n) is 13.2. The van der Waals surface area contributed by atoms with Gasteiger partial charge in [-0.2, -0.15) is 0 Å². The van der Waals surface area contributed by atoms with E-state index in [1.165, 1.54) is 5.56 Å². The van der Waals surface area contributed by atoms with Crippen LogP contribution >= 0.6 is 12.4 Å². The van der Waals surface area contributed by atoms with E-state index < -0.39 is 0 Å². The lowest BCUT2D eigenvalue weighted by atomic mass is 10.2. The minimum Gasteiger partial charge on any atom is -0.369 e. The average Bonchev–Trinajstić information content (AvgIpc) is 2.89. The Labute approximate surface area is 147 Å². The van der Waals surface area contributed by atoms with Crippen LogP contribution in [-0.4, -0.2) is 14.8 Å². The van der Waals surface area contributed by atoms with E-state index in [1.807, 2.05) is 30.3 Å². The first-order valence-electron chi connectivity index (χ1n) is 7.75. The topological polar surface area (TPSA) is 52.0 Å². The Morgan fingerprint density at radius 1 is 0.917 bits per heavy atom. The van der Waals surface area contributed by atoms with Crippen molar-refractivity contribution in [2.45, 2.75) is 26.3 Å². The molecule has 0 fully saturated rings. The lowest BCUT2D eigenvalue weighted by molar-refractivity contribution is 0.105. The van der Waals surface area contributed by atoms with Crippen molar-refractivity contribution in [2.24, 2.45) is 0 Å². The molecule has 2 aromatic carbocycles. The second kappa shape index (κ2) is 7.57. The number of nitrogens with zero attached hydrogens (tertiary/aromatic N) is 3. The lowest BCUT2D eigenvalue weighted by Crippen LogP contribution is -2.17. The number of benzene rings is 2. The molecule has 6 heteroatoms. The molecule has 124 valence electrons. The van der Waals surface area contributed by atoms with E-state index >= 15 is 0 Å². The van der Waals surface area contributed by atoms with Crippen LogP contribution in [0.5, 0.6) is 0 Å². The molecule has 0 amide bonds. The van der Waals surface area contributed by atoms with Gasteiger partial charge in [0.05, 0.1) is 18.8 Å². The summed E-state index contributed by atoms with van der Waals surface area (Å²) < 4.78 is 7.80. The quantitative estimate of drug-likeness (QED) is 0.792. The van der Waals surface area contributed by atoms with Gasteiger partial charge in [-0.15, -0.1) is 22.6 Å². The Hall–Kier alpha value is -2.21. The zero-order valence-corrected chi connectivity index (χ0v) is 14.0. The molecule has 24 heavy (non-hydrogen) atoms. The third-order valence-corrected chi connectivity index (χ3v) is 3.97. The van der Waals surface area contributed by atoms with Crippen molar-refractivity contribution >= 4 is 12.4 Å². The fraction of sp³-hybridized carbons (Fsp3) is 0.222. The highest BCUT2D eigenvalue weighted by Gasteiger charge is 2.19. The summed E-state index contributed by atoms with van der Waals surface area (Å²) in [6.45, 7) is 2.56. The summed E-state index contributed by atoms with van der Waals surface area (Å²) >= 11 is 0. The van der Waals surface area contributed by atoms with E-state index in [4.69, 9.17) is 4.74 Å². The number of hydrogen-bond acceptors (Lipinski definition) is 4. The molecular weight excluding hydrogens is 324 g/mol. The number of aromatic nitrogens is 3. The third kappa shape index (κ3) is 3.33. The minimum atomic E-state index is 0. The maximum atomic E-state index is 5.69. The van der Waals surface area contributed by atoms with Crippen LogP contribution in [0.4, 0.5) is 0 Å². The van der Waals surface area contributed by atoms with Crippen molar-refractivity contribution in [1.29, 1.82) is 0 Å². The predicted molar refractivity (Wildman–Crippen MR) is 94.1 cm³/mol. The van der Waals surface area contributed by atoms with Gasteiger partial charge in [-0.3, -0.25) is 4.57 Å². The van der Waals surface area contributed by atoms with Crippen LogP contribution in [0.1, 0.15) is 22.8 Å². The van der Waals surface area contributed by atoms with Crippen molar-refractivity contribution < 1.29 is 4.74 Å². The number of halogens is 1. The van der Waals surface area contributed by atoms with Crippen LogP contribution in [0.25, 0.3) is 5.69 Å². The molecule has 0 saturated carbocycles. The Bertz CT molecular complexity index is 804. The highest BCUT2D eigenvalue weighted by molar-refractivity contribution is 5.85. The minimum absolute atomic E-state index is 0. The number of fused-ring (bicyclic) bond motifs is 3. The highest BCUT2D eigenvalue weighted by atomic mass is 35.5. The summed E-state index contributed by atoms with van der Waals surface area (Å²) in [5.74, 6) is 1.76. The predicted octanol–water partition coefficient (Wildman–Crippen LogP) is 3.01. The van der Waals surface area contributed by atoms with E-state index in [-0.39, 0.29) is 12.4 Å². The van der Waals surface area contributed by atoms with Gasteiger partial charge in [0, 0.05) is 12.1 Å². The molecule has 1 aliphatic rings. The van der Waals surface area contributed by atoms with Gasteiger partial charge in [-0.1, -0.05) is 48.5 Å². The van der Waals surface area contributed by atoms with Gasteiger partial charge < -0.3 is 10.1 Å². The van der Waals surface area contributed by atoms with Gasteiger partial charge in [-0.05, 0) is 11.6 Å². The van der Waals surface area contributed by atoms with Crippen LogP contribution in [0.15, 0.2) is 54.6 Å². The van der Waals surface area contributed by atoms with Crippen LogP contribution in [-0.2, 0) is 31.0 Å². The monoisotopic (exact) mass is 342 g/mol. The van der Waals surface area contributed by atoms with Gasteiger partial charge >= 0.3 is 0 Å². The highest BCUT2D eigenvalue weighted by Crippen LogP contribution is 2.23. The van der Waals surface area contributed by atoms with E-state index in [9.17, 15) is 0 Å². The summed E-state index contributed by atoms with van der Waals surface area (Å²) in [5.41, 5.74) is 3.53. The maximum Gasteiger partial charge on any atom is 0.163 e. The first kappa shape index (κ1) is 16.6. The summed E-state index contributed by atoms with van der Waals surface area (Å²) in [6, 6.07) is 18.6. The van der Waals surface area contributed by atoms with Crippen LogP contribution in [0.3, 0.4) is 0 Å².